The first-order valence-corrected chi connectivity index (χ1v) is 7.17. The molecule has 0 amide bonds. The summed E-state index contributed by atoms with van der Waals surface area (Å²) in [5.41, 5.74) is 0.530. The maximum atomic E-state index is 13.8. The highest BCUT2D eigenvalue weighted by atomic mass is 19.1. The first-order chi connectivity index (χ1) is 9.65. The first kappa shape index (κ1) is 13.4. The first-order valence-electron chi connectivity index (χ1n) is 7.17. The molecule has 0 spiro atoms. The van der Waals surface area contributed by atoms with Gasteiger partial charge in [0.2, 0.25) is 0 Å². The fourth-order valence-corrected chi connectivity index (χ4v) is 3.26. The summed E-state index contributed by atoms with van der Waals surface area (Å²) in [4.78, 5) is 15.5. The van der Waals surface area contributed by atoms with Crippen LogP contribution in [0.15, 0.2) is 18.2 Å². The third-order valence-electron chi connectivity index (χ3n) is 4.39. The molecule has 0 bridgehead atoms. The van der Waals surface area contributed by atoms with E-state index in [2.05, 4.69) is 9.80 Å². The van der Waals surface area contributed by atoms with Crippen LogP contribution in [0.1, 0.15) is 29.6 Å². The topological polar surface area (TPSA) is 43.8 Å². The van der Waals surface area contributed by atoms with E-state index < -0.39 is 11.8 Å². The van der Waals surface area contributed by atoms with Crippen molar-refractivity contribution in [1.29, 1.82) is 0 Å². The lowest BCUT2D eigenvalue weighted by atomic mass is 9.99. The number of fused-ring (bicyclic) bond motifs is 1. The predicted molar refractivity (Wildman–Crippen MR) is 74.8 cm³/mol. The molecule has 108 valence electrons. The minimum absolute atomic E-state index is 0.259. The van der Waals surface area contributed by atoms with Gasteiger partial charge in [-0.2, -0.15) is 0 Å². The standard InChI is InChI=1S/C15H19FN2O2/c16-14-9-11(4-5-13(14)15(19)20)18-8-7-17-6-2-1-3-12(17)10-18/h4-5,9,12H,1-3,6-8,10H2,(H,19,20). The van der Waals surface area contributed by atoms with Crippen molar-refractivity contribution in [2.75, 3.05) is 31.1 Å². The number of rotatable bonds is 2. The molecule has 0 aliphatic carbocycles. The zero-order chi connectivity index (χ0) is 14.1. The number of piperazine rings is 1. The fourth-order valence-electron chi connectivity index (χ4n) is 3.26. The zero-order valence-corrected chi connectivity index (χ0v) is 11.4. The third kappa shape index (κ3) is 2.50. The lowest BCUT2D eigenvalue weighted by Crippen LogP contribution is -2.54. The van der Waals surface area contributed by atoms with Gasteiger partial charge in [0.05, 0.1) is 5.56 Å². The van der Waals surface area contributed by atoms with E-state index in [1.165, 1.54) is 37.9 Å². The number of halogens is 1. The Morgan fingerprint density at radius 1 is 1.25 bits per heavy atom. The van der Waals surface area contributed by atoms with Crippen LogP contribution in [0.3, 0.4) is 0 Å². The quantitative estimate of drug-likeness (QED) is 0.900. The van der Waals surface area contributed by atoms with Crippen molar-refractivity contribution in [3.8, 4) is 0 Å². The lowest BCUT2D eigenvalue weighted by Gasteiger charge is -2.45. The third-order valence-corrected chi connectivity index (χ3v) is 4.39. The second kappa shape index (κ2) is 5.40. The fraction of sp³-hybridized carbons (Fsp3) is 0.533. The van der Waals surface area contributed by atoms with Crippen LogP contribution >= 0.6 is 0 Å². The molecule has 2 aliphatic heterocycles. The molecule has 3 rings (SSSR count). The number of aromatic carboxylic acids is 1. The Bertz CT molecular complexity index is 521. The molecule has 1 aromatic carbocycles. The van der Waals surface area contributed by atoms with Gasteiger partial charge in [0.15, 0.2) is 0 Å². The summed E-state index contributed by atoms with van der Waals surface area (Å²) in [5, 5.41) is 8.86. The highest BCUT2D eigenvalue weighted by molar-refractivity contribution is 5.88. The van der Waals surface area contributed by atoms with Gasteiger partial charge in [-0.05, 0) is 37.6 Å². The van der Waals surface area contributed by atoms with Gasteiger partial charge in [-0.1, -0.05) is 6.42 Å². The maximum absolute atomic E-state index is 13.8. The van der Waals surface area contributed by atoms with Gasteiger partial charge < -0.3 is 10.0 Å². The van der Waals surface area contributed by atoms with Gasteiger partial charge in [-0.3, -0.25) is 4.90 Å². The van der Waals surface area contributed by atoms with Crippen molar-refractivity contribution in [3.63, 3.8) is 0 Å². The summed E-state index contributed by atoms with van der Waals surface area (Å²) in [6.45, 7) is 3.96. The van der Waals surface area contributed by atoms with E-state index in [0.717, 1.165) is 25.3 Å². The number of hydrogen-bond donors (Lipinski definition) is 1. The smallest absolute Gasteiger partial charge is 0.338 e. The van der Waals surface area contributed by atoms with E-state index in [9.17, 15) is 9.18 Å². The summed E-state index contributed by atoms with van der Waals surface area (Å²) in [6, 6.07) is 4.98. The minimum atomic E-state index is -1.22. The van der Waals surface area contributed by atoms with Gasteiger partial charge >= 0.3 is 5.97 Å². The van der Waals surface area contributed by atoms with Crippen LogP contribution in [0, 0.1) is 5.82 Å². The number of carboxylic acid groups (broad SMARTS) is 1. The van der Waals surface area contributed by atoms with Crippen molar-refractivity contribution >= 4 is 11.7 Å². The second-order valence-electron chi connectivity index (χ2n) is 5.60. The molecule has 0 aromatic heterocycles. The lowest BCUT2D eigenvalue weighted by molar-refractivity contribution is 0.0692. The Morgan fingerprint density at radius 2 is 2.10 bits per heavy atom. The van der Waals surface area contributed by atoms with E-state index >= 15 is 0 Å². The SMILES string of the molecule is O=C(O)c1ccc(N2CCN3CCCCC3C2)cc1F. The number of hydrogen-bond acceptors (Lipinski definition) is 3. The van der Waals surface area contributed by atoms with Crippen LogP contribution < -0.4 is 4.90 Å². The number of nitrogens with zero attached hydrogens (tertiary/aromatic N) is 2. The highest BCUT2D eigenvalue weighted by Crippen LogP contribution is 2.26. The molecule has 0 radical (unpaired) electrons. The Labute approximate surface area is 117 Å². The zero-order valence-electron chi connectivity index (χ0n) is 11.4. The number of piperidine rings is 1. The number of carbonyl (C=O) groups is 1. The Hall–Kier alpha value is -1.62. The molecule has 4 nitrogen and oxygen atoms in total. The highest BCUT2D eigenvalue weighted by Gasteiger charge is 2.29. The monoisotopic (exact) mass is 278 g/mol. The molecule has 0 saturated carbocycles. The number of anilines is 1. The van der Waals surface area contributed by atoms with Crippen molar-refractivity contribution in [3.05, 3.63) is 29.6 Å². The Balaban J connectivity index is 1.76. The van der Waals surface area contributed by atoms with Crippen LogP contribution in [0.5, 0.6) is 0 Å². The molecular formula is C15H19FN2O2. The normalized spacial score (nSPS) is 23.4. The van der Waals surface area contributed by atoms with Crippen LogP contribution in [-0.4, -0.2) is 48.2 Å². The van der Waals surface area contributed by atoms with Gasteiger partial charge in [0, 0.05) is 31.4 Å². The molecule has 20 heavy (non-hydrogen) atoms. The summed E-state index contributed by atoms with van der Waals surface area (Å²) in [5.74, 6) is -1.87. The maximum Gasteiger partial charge on any atom is 0.338 e. The minimum Gasteiger partial charge on any atom is -0.478 e. The molecule has 1 N–H and O–H groups in total. The van der Waals surface area contributed by atoms with E-state index in [0.29, 0.717) is 6.04 Å². The van der Waals surface area contributed by atoms with Gasteiger partial charge in [-0.25, -0.2) is 9.18 Å². The van der Waals surface area contributed by atoms with E-state index in [1.807, 2.05) is 0 Å². The molecule has 1 unspecified atom stereocenters. The average molecular weight is 278 g/mol. The Morgan fingerprint density at radius 3 is 2.85 bits per heavy atom. The van der Waals surface area contributed by atoms with Crippen LogP contribution in [-0.2, 0) is 0 Å². The largest absolute Gasteiger partial charge is 0.478 e. The number of carboxylic acids is 1. The molecule has 2 fully saturated rings. The van der Waals surface area contributed by atoms with E-state index in [-0.39, 0.29) is 5.56 Å². The van der Waals surface area contributed by atoms with E-state index in [4.69, 9.17) is 5.11 Å². The molecule has 1 atom stereocenters. The summed E-state index contributed by atoms with van der Waals surface area (Å²) >= 11 is 0. The van der Waals surface area contributed by atoms with Crippen molar-refractivity contribution in [1.82, 2.24) is 4.90 Å². The molecule has 2 saturated heterocycles. The molecular weight excluding hydrogens is 259 g/mol. The van der Waals surface area contributed by atoms with Crippen LogP contribution in [0.4, 0.5) is 10.1 Å². The summed E-state index contributed by atoms with van der Waals surface area (Å²) in [6.07, 6.45) is 3.74. The molecule has 5 heteroatoms. The molecule has 1 aromatic rings. The summed E-state index contributed by atoms with van der Waals surface area (Å²) < 4.78 is 13.8. The second-order valence-corrected chi connectivity index (χ2v) is 5.60. The van der Waals surface area contributed by atoms with E-state index in [1.54, 1.807) is 6.07 Å². The predicted octanol–water partition coefficient (Wildman–Crippen LogP) is 2.20. The molecule has 2 heterocycles. The average Bonchev–Trinajstić information content (AvgIpc) is 2.46. The van der Waals surface area contributed by atoms with Crippen molar-refractivity contribution < 1.29 is 14.3 Å². The van der Waals surface area contributed by atoms with Gasteiger partial charge in [0.25, 0.3) is 0 Å². The van der Waals surface area contributed by atoms with Crippen molar-refractivity contribution in [2.45, 2.75) is 25.3 Å². The van der Waals surface area contributed by atoms with Crippen LogP contribution in [0.25, 0.3) is 0 Å². The van der Waals surface area contributed by atoms with Gasteiger partial charge in [-0.15, -0.1) is 0 Å². The Kier molecular flexibility index (Phi) is 3.61. The number of benzene rings is 1. The van der Waals surface area contributed by atoms with Crippen molar-refractivity contribution in [2.24, 2.45) is 0 Å². The van der Waals surface area contributed by atoms with Crippen LogP contribution in [0.2, 0.25) is 0 Å². The summed E-state index contributed by atoms with van der Waals surface area (Å²) in [7, 11) is 0. The molecule has 2 aliphatic rings. The van der Waals surface area contributed by atoms with Gasteiger partial charge in [0.1, 0.15) is 5.82 Å².